The summed E-state index contributed by atoms with van der Waals surface area (Å²) in [6, 6.07) is 0. The molecule has 1 aliphatic rings. The number of piperidine rings is 1. The molecule has 0 radical (unpaired) electrons. The number of rotatable bonds is 3. The highest BCUT2D eigenvalue weighted by Gasteiger charge is 2.37. The smallest absolute Gasteiger partial charge is 0.410 e. The summed E-state index contributed by atoms with van der Waals surface area (Å²) in [4.78, 5) is 25.5. The number of amides is 1. The molecule has 120 valence electrons. The topological polar surface area (TPSA) is 55.8 Å². The molecule has 0 bridgehead atoms. The Balaban J connectivity index is 2.84. The molecule has 0 aromatic carbocycles. The predicted octanol–water partition coefficient (Wildman–Crippen LogP) is 3.29. The second-order valence-electron chi connectivity index (χ2n) is 6.53. The first-order valence-electron chi connectivity index (χ1n) is 7.54. The molecule has 1 fully saturated rings. The molecule has 0 spiro atoms. The number of hydrogen-bond donors (Lipinski definition) is 0. The second kappa shape index (κ2) is 6.96. The van der Waals surface area contributed by atoms with Crippen LogP contribution in [0.15, 0.2) is 12.2 Å². The third kappa shape index (κ3) is 5.40. The van der Waals surface area contributed by atoms with Gasteiger partial charge in [0.15, 0.2) is 0 Å². The van der Waals surface area contributed by atoms with Crippen LogP contribution >= 0.6 is 0 Å². The molecule has 21 heavy (non-hydrogen) atoms. The van der Waals surface area contributed by atoms with Gasteiger partial charge in [-0.1, -0.05) is 6.08 Å². The van der Waals surface area contributed by atoms with Crippen LogP contribution in [0.2, 0.25) is 0 Å². The van der Waals surface area contributed by atoms with Gasteiger partial charge in [0.25, 0.3) is 0 Å². The Morgan fingerprint density at radius 3 is 2.52 bits per heavy atom. The molecule has 5 heteroatoms. The van der Waals surface area contributed by atoms with Crippen LogP contribution in [0.1, 0.15) is 53.9 Å². The van der Waals surface area contributed by atoms with Crippen molar-refractivity contribution in [2.75, 3.05) is 13.2 Å². The molecular formula is C16H27NO4. The lowest BCUT2D eigenvalue weighted by Crippen LogP contribution is -2.53. The average Bonchev–Trinajstić information content (AvgIpc) is 2.35. The standard InChI is InChI=1S/C16H27NO4/c1-6-20-13(18)9-11-16(5)10-7-8-12-17(16)14(19)21-15(2,3)4/h9,11H,6-8,10,12H2,1-5H3/b11-9+. The van der Waals surface area contributed by atoms with Crippen molar-refractivity contribution in [2.24, 2.45) is 0 Å². The van der Waals surface area contributed by atoms with Crippen molar-refractivity contribution >= 4 is 12.1 Å². The molecular weight excluding hydrogens is 270 g/mol. The fourth-order valence-corrected chi connectivity index (χ4v) is 2.37. The molecule has 1 amide bonds. The number of carbonyl (C=O) groups excluding carboxylic acids is 2. The van der Waals surface area contributed by atoms with Crippen molar-refractivity contribution in [1.82, 2.24) is 4.90 Å². The lowest BCUT2D eigenvalue weighted by atomic mass is 9.88. The summed E-state index contributed by atoms with van der Waals surface area (Å²) in [5, 5.41) is 0. The highest BCUT2D eigenvalue weighted by molar-refractivity contribution is 5.82. The van der Waals surface area contributed by atoms with Gasteiger partial charge in [0.05, 0.1) is 12.1 Å². The summed E-state index contributed by atoms with van der Waals surface area (Å²) in [5.41, 5.74) is -1.03. The van der Waals surface area contributed by atoms with E-state index < -0.39 is 11.1 Å². The molecule has 1 unspecified atom stereocenters. The van der Waals surface area contributed by atoms with E-state index in [1.165, 1.54) is 6.08 Å². The van der Waals surface area contributed by atoms with Gasteiger partial charge in [0.2, 0.25) is 0 Å². The van der Waals surface area contributed by atoms with Crippen LogP contribution in [0.3, 0.4) is 0 Å². The largest absolute Gasteiger partial charge is 0.463 e. The van der Waals surface area contributed by atoms with E-state index in [4.69, 9.17) is 9.47 Å². The minimum atomic E-state index is -0.527. The molecule has 1 aliphatic heterocycles. The van der Waals surface area contributed by atoms with Gasteiger partial charge >= 0.3 is 12.1 Å². The maximum Gasteiger partial charge on any atom is 0.410 e. The summed E-state index contributed by atoms with van der Waals surface area (Å²) < 4.78 is 10.4. The Kier molecular flexibility index (Phi) is 5.81. The summed E-state index contributed by atoms with van der Waals surface area (Å²) in [7, 11) is 0. The lowest BCUT2D eigenvalue weighted by Gasteiger charge is -2.43. The maximum atomic E-state index is 12.4. The van der Waals surface area contributed by atoms with E-state index in [2.05, 4.69) is 0 Å². The van der Waals surface area contributed by atoms with Crippen LogP contribution in [0.5, 0.6) is 0 Å². The Morgan fingerprint density at radius 1 is 1.29 bits per heavy atom. The highest BCUT2D eigenvalue weighted by Crippen LogP contribution is 2.30. The first kappa shape index (κ1) is 17.5. The van der Waals surface area contributed by atoms with Crippen LogP contribution in [-0.4, -0.2) is 41.3 Å². The first-order valence-corrected chi connectivity index (χ1v) is 7.54. The SMILES string of the molecule is CCOC(=O)/C=C/C1(C)CCCCN1C(=O)OC(C)(C)C. The highest BCUT2D eigenvalue weighted by atomic mass is 16.6. The van der Waals surface area contributed by atoms with E-state index in [1.807, 2.05) is 27.7 Å². The van der Waals surface area contributed by atoms with Crippen molar-refractivity contribution in [3.8, 4) is 0 Å². The lowest BCUT2D eigenvalue weighted by molar-refractivity contribution is -0.137. The number of hydrogen-bond acceptors (Lipinski definition) is 4. The molecule has 0 N–H and O–H groups in total. The maximum absolute atomic E-state index is 12.4. The van der Waals surface area contributed by atoms with Crippen molar-refractivity contribution in [3.63, 3.8) is 0 Å². The van der Waals surface area contributed by atoms with E-state index in [0.717, 1.165) is 19.3 Å². The number of ether oxygens (including phenoxy) is 2. The van der Waals surface area contributed by atoms with Crippen molar-refractivity contribution in [3.05, 3.63) is 12.2 Å². The Bertz CT molecular complexity index is 411. The number of esters is 1. The summed E-state index contributed by atoms with van der Waals surface area (Å²) in [6.45, 7) is 10.2. The van der Waals surface area contributed by atoms with Gasteiger partial charge in [-0.2, -0.15) is 0 Å². The third-order valence-electron chi connectivity index (χ3n) is 3.41. The first-order chi connectivity index (χ1) is 9.68. The van der Waals surface area contributed by atoms with E-state index in [1.54, 1.807) is 17.9 Å². The van der Waals surface area contributed by atoms with Gasteiger partial charge in [0.1, 0.15) is 5.60 Å². The van der Waals surface area contributed by atoms with Crippen LogP contribution < -0.4 is 0 Å². The van der Waals surface area contributed by atoms with Crippen molar-refractivity contribution in [1.29, 1.82) is 0 Å². The molecule has 0 aromatic rings. The molecule has 1 saturated heterocycles. The normalized spacial score (nSPS) is 23.2. The van der Waals surface area contributed by atoms with Crippen LogP contribution in [-0.2, 0) is 14.3 Å². The Labute approximate surface area is 127 Å². The Morgan fingerprint density at radius 2 is 1.95 bits per heavy atom. The molecule has 0 saturated carbocycles. The number of nitrogens with zero attached hydrogens (tertiary/aromatic N) is 1. The summed E-state index contributed by atoms with van der Waals surface area (Å²) in [5.74, 6) is -0.381. The fraction of sp³-hybridized carbons (Fsp3) is 0.750. The van der Waals surface area contributed by atoms with Crippen LogP contribution in [0.4, 0.5) is 4.79 Å². The van der Waals surface area contributed by atoms with Crippen LogP contribution in [0, 0.1) is 0 Å². The Hall–Kier alpha value is -1.52. The molecule has 0 aliphatic carbocycles. The van der Waals surface area contributed by atoms with E-state index in [0.29, 0.717) is 13.2 Å². The molecule has 1 heterocycles. The quantitative estimate of drug-likeness (QED) is 0.592. The fourth-order valence-electron chi connectivity index (χ4n) is 2.37. The van der Waals surface area contributed by atoms with Gasteiger partial charge < -0.3 is 9.47 Å². The van der Waals surface area contributed by atoms with Gasteiger partial charge in [-0.15, -0.1) is 0 Å². The molecule has 1 rings (SSSR count). The minimum absolute atomic E-state index is 0.335. The van der Waals surface area contributed by atoms with E-state index in [-0.39, 0.29) is 12.1 Å². The van der Waals surface area contributed by atoms with Gasteiger partial charge in [-0.25, -0.2) is 9.59 Å². The van der Waals surface area contributed by atoms with Crippen LogP contribution in [0.25, 0.3) is 0 Å². The van der Waals surface area contributed by atoms with E-state index in [9.17, 15) is 9.59 Å². The minimum Gasteiger partial charge on any atom is -0.463 e. The second-order valence-corrected chi connectivity index (χ2v) is 6.53. The zero-order valence-electron chi connectivity index (χ0n) is 13.8. The van der Waals surface area contributed by atoms with E-state index >= 15 is 0 Å². The molecule has 1 atom stereocenters. The molecule has 5 nitrogen and oxygen atoms in total. The van der Waals surface area contributed by atoms with Gasteiger partial charge in [-0.3, -0.25) is 4.90 Å². The number of likely N-dealkylation sites (tertiary alicyclic amines) is 1. The average molecular weight is 297 g/mol. The zero-order valence-corrected chi connectivity index (χ0v) is 13.8. The van der Waals surface area contributed by atoms with Gasteiger partial charge in [0, 0.05) is 12.6 Å². The predicted molar refractivity (Wildman–Crippen MR) is 81.0 cm³/mol. The third-order valence-corrected chi connectivity index (χ3v) is 3.41. The monoisotopic (exact) mass is 297 g/mol. The summed E-state index contributed by atoms with van der Waals surface area (Å²) in [6.07, 6.45) is 5.60. The van der Waals surface area contributed by atoms with Crippen molar-refractivity contribution < 1.29 is 19.1 Å². The number of carbonyl (C=O) groups is 2. The zero-order chi connectivity index (χ0) is 16.1. The summed E-state index contributed by atoms with van der Waals surface area (Å²) >= 11 is 0. The van der Waals surface area contributed by atoms with Crippen molar-refractivity contribution in [2.45, 2.75) is 65.0 Å². The molecule has 0 aromatic heterocycles. The van der Waals surface area contributed by atoms with Gasteiger partial charge in [-0.05, 0) is 53.9 Å².